The lowest BCUT2D eigenvalue weighted by Crippen LogP contribution is -2.41. The minimum Gasteiger partial charge on any atom is -0.475 e. The number of aryl methyl sites for hydroxylation is 1. The predicted molar refractivity (Wildman–Crippen MR) is 144 cm³/mol. The maximum atomic E-state index is 12.8. The van der Waals surface area contributed by atoms with E-state index in [1.807, 2.05) is 60.2 Å². The zero-order chi connectivity index (χ0) is 26.6. The van der Waals surface area contributed by atoms with Gasteiger partial charge in [0.15, 0.2) is 11.5 Å². The van der Waals surface area contributed by atoms with Crippen LogP contribution in [0.25, 0.3) is 22.9 Å². The number of hydrogen-bond donors (Lipinski definition) is 1. The Morgan fingerprint density at radius 2 is 1.85 bits per heavy atom. The summed E-state index contributed by atoms with van der Waals surface area (Å²) in [5.41, 5.74) is 1.55. The number of aromatic nitrogens is 8. The number of nitrogens with one attached hydrogen (secondary N) is 1. The monoisotopic (exact) mass is 524 g/mol. The van der Waals surface area contributed by atoms with Gasteiger partial charge in [-0.2, -0.15) is 4.52 Å². The number of amides is 1. The summed E-state index contributed by atoms with van der Waals surface area (Å²) >= 11 is 0. The standard InChI is InChI=1S/C27H28N10O2/c1-19-28-11-15-36(19)24-17-23(30-18-31-24)35-13-9-21(10-14-35)27(38)29-12-16-39-25-8-7-22-32-33-26(37(22)34-25)20-5-3-2-4-6-20/h2-8,11,15,17-18,21H,9-10,12-14,16H2,1H3,(H,29,38). The van der Waals surface area contributed by atoms with Crippen molar-refractivity contribution < 1.29 is 9.53 Å². The molecule has 0 atom stereocenters. The number of rotatable bonds is 8. The van der Waals surface area contributed by atoms with Crippen molar-refractivity contribution in [3.63, 3.8) is 0 Å². The summed E-state index contributed by atoms with van der Waals surface area (Å²) in [7, 11) is 0. The Hall–Kier alpha value is -4.87. The molecule has 5 heterocycles. The van der Waals surface area contributed by atoms with Gasteiger partial charge >= 0.3 is 0 Å². The van der Waals surface area contributed by atoms with Crippen LogP contribution in [-0.2, 0) is 4.79 Å². The van der Waals surface area contributed by atoms with Crippen LogP contribution >= 0.6 is 0 Å². The molecule has 1 N–H and O–H groups in total. The van der Waals surface area contributed by atoms with E-state index in [9.17, 15) is 4.79 Å². The van der Waals surface area contributed by atoms with Gasteiger partial charge in [-0.05, 0) is 25.8 Å². The molecule has 0 bridgehead atoms. The van der Waals surface area contributed by atoms with Crippen LogP contribution in [0.5, 0.6) is 5.88 Å². The molecule has 1 aliphatic heterocycles. The van der Waals surface area contributed by atoms with Crippen LogP contribution < -0.4 is 15.0 Å². The molecule has 0 radical (unpaired) electrons. The van der Waals surface area contributed by atoms with Gasteiger partial charge in [0, 0.05) is 49.1 Å². The van der Waals surface area contributed by atoms with Gasteiger partial charge in [-0.3, -0.25) is 9.36 Å². The summed E-state index contributed by atoms with van der Waals surface area (Å²) < 4.78 is 9.39. The second-order valence-corrected chi connectivity index (χ2v) is 9.31. The highest BCUT2D eigenvalue weighted by Gasteiger charge is 2.25. The normalized spacial score (nSPS) is 14.0. The smallest absolute Gasteiger partial charge is 0.231 e. The predicted octanol–water partition coefficient (Wildman–Crippen LogP) is 2.49. The maximum absolute atomic E-state index is 12.8. The van der Waals surface area contributed by atoms with Gasteiger partial charge in [-0.1, -0.05) is 30.3 Å². The molecule has 12 nitrogen and oxygen atoms in total. The highest BCUT2D eigenvalue weighted by atomic mass is 16.5. The molecule has 1 fully saturated rings. The van der Waals surface area contributed by atoms with Gasteiger partial charge in [-0.25, -0.2) is 15.0 Å². The number of imidazole rings is 1. The van der Waals surface area contributed by atoms with Crippen molar-refractivity contribution in [2.45, 2.75) is 19.8 Å². The van der Waals surface area contributed by atoms with E-state index in [1.54, 1.807) is 23.1 Å². The van der Waals surface area contributed by atoms with E-state index in [0.717, 1.165) is 49.0 Å². The minimum absolute atomic E-state index is 0.0432. The number of carbonyl (C=O) groups excluding carboxylic acids is 1. The summed E-state index contributed by atoms with van der Waals surface area (Å²) in [6.07, 6.45) is 6.71. The molecule has 5 aromatic rings. The average Bonchev–Trinajstić information content (AvgIpc) is 3.61. The van der Waals surface area contributed by atoms with E-state index in [4.69, 9.17) is 4.74 Å². The molecule has 1 aliphatic rings. The Balaban J connectivity index is 0.986. The Labute approximate surface area is 224 Å². The lowest BCUT2D eigenvalue weighted by atomic mass is 9.96. The number of hydrogen-bond acceptors (Lipinski definition) is 9. The van der Waals surface area contributed by atoms with Crippen LogP contribution in [0, 0.1) is 12.8 Å². The first-order chi connectivity index (χ1) is 19.2. The number of ether oxygens (including phenoxy) is 1. The number of nitrogens with zero attached hydrogens (tertiary/aromatic N) is 9. The molecule has 0 unspecified atom stereocenters. The molecule has 4 aromatic heterocycles. The largest absolute Gasteiger partial charge is 0.475 e. The fraction of sp³-hybridized carbons (Fsp3) is 0.296. The summed E-state index contributed by atoms with van der Waals surface area (Å²) in [6.45, 7) is 4.14. The first-order valence-electron chi connectivity index (χ1n) is 12.9. The third kappa shape index (κ3) is 5.26. The molecule has 198 valence electrons. The number of piperidine rings is 1. The molecule has 1 saturated heterocycles. The van der Waals surface area contributed by atoms with Crippen molar-refractivity contribution in [3.05, 3.63) is 73.1 Å². The Kier molecular flexibility index (Phi) is 6.81. The van der Waals surface area contributed by atoms with Gasteiger partial charge in [0.25, 0.3) is 0 Å². The summed E-state index contributed by atoms with van der Waals surface area (Å²) in [6, 6.07) is 15.3. The van der Waals surface area contributed by atoms with Gasteiger partial charge in [0.1, 0.15) is 30.4 Å². The average molecular weight is 525 g/mol. The zero-order valence-corrected chi connectivity index (χ0v) is 21.5. The molecule has 1 aromatic carbocycles. The molecule has 12 heteroatoms. The molecular formula is C27H28N10O2. The molecule has 1 amide bonds. The number of anilines is 1. The molecule has 6 rings (SSSR count). The molecule has 0 aliphatic carbocycles. The third-order valence-corrected chi connectivity index (χ3v) is 6.82. The van der Waals surface area contributed by atoms with Crippen molar-refractivity contribution in [1.82, 2.24) is 44.6 Å². The van der Waals surface area contributed by atoms with Gasteiger partial charge in [0.2, 0.25) is 11.8 Å². The van der Waals surface area contributed by atoms with E-state index in [-0.39, 0.29) is 11.8 Å². The van der Waals surface area contributed by atoms with Crippen LogP contribution in [0.15, 0.2) is 67.3 Å². The second kappa shape index (κ2) is 10.9. The third-order valence-electron chi connectivity index (χ3n) is 6.82. The fourth-order valence-electron chi connectivity index (χ4n) is 4.72. The number of benzene rings is 1. The summed E-state index contributed by atoms with van der Waals surface area (Å²) in [4.78, 5) is 28.1. The first kappa shape index (κ1) is 24.5. The van der Waals surface area contributed by atoms with Crippen molar-refractivity contribution >= 4 is 17.4 Å². The van der Waals surface area contributed by atoms with Gasteiger partial charge < -0.3 is 15.0 Å². The zero-order valence-electron chi connectivity index (χ0n) is 21.5. The molecular weight excluding hydrogens is 496 g/mol. The Morgan fingerprint density at radius 3 is 2.64 bits per heavy atom. The second-order valence-electron chi connectivity index (χ2n) is 9.31. The van der Waals surface area contributed by atoms with Crippen LogP contribution in [-0.4, -0.2) is 71.5 Å². The number of carbonyl (C=O) groups is 1. The van der Waals surface area contributed by atoms with E-state index in [1.165, 1.54) is 0 Å². The lowest BCUT2D eigenvalue weighted by Gasteiger charge is -2.32. The van der Waals surface area contributed by atoms with Crippen molar-refractivity contribution in [2.75, 3.05) is 31.1 Å². The topological polar surface area (TPSA) is 128 Å². The van der Waals surface area contributed by atoms with Crippen LogP contribution in [0.2, 0.25) is 0 Å². The quantitative estimate of drug-likeness (QED) is 0.304. The van der Waals surface area contributed by atoms with Crippen LogP contribution in [0.4, 0.5) is 5.82 Å². The van der Waals surface area contributed by atoms with E-state index < -0.39 is 0 Å². The Morgan fingerprint density at radius 1 is 1.03 bits per heavy atom. The summed E-state index contributed by atoms with van der Waals surface area (Å²) in [5.74, 6) is 3.59. The van der Waals surface area contributed by atoms with E-state index in [0.29, 0.717) is 30.5 Å². The highest BCUT2D eigenvalue weighted by molar-refractivity contribution is 5.79. The maximum Gasteiger partial charge on any atom is 0.231 e. The summed E-state index contributed by atoms with van der Waals surface area (Å²) in [5, 5.41) is 15.9. The lowest BCUT2D eigenvalue weighted by molar-refractivity contribution is -0.125. The minimum atomic E-state index is -0.0432. The van der Waals surface area contributed by atoms with Crippen molar-refractivity contribution in [2.24, 2.45) is 5.92 Å². The highest BCUT2D eigenvalue weighted by Crippen LogP contribution is 2.23. The van der Waals surface area contributed by atoms with Gasteiger partial charge in [0.05, 0.1) is 6.54 Å². The van der Waals surface area contributed by atoms with Crippen molar-refractivity contribution in [1.29, 1.82) is 0 Å². The van der Waals surface area contributed by atoms with E-state index >= 15 is 0 Å². The molecule has 39 heavy (non-hydrogen) atoms. The first-order valence-corrected chi connectivity index (χ1v) is 12.9. The SMILES string of the molecule is Cc1nccn1-c1cc(N2CCC(C(=O)NCCOc3ccc4nnc(-c5ccccc5)n4n3)CC2)ncn1. The van der Waals surface area contributed by atoms with Gasteiger partial charge in [-0.15, -0.1) is 15.3 Å². The number of fused-ring (bicyclic) bond motifs is 1. The van der Waals surface area contributed by atoms with Crippen molar-refractivity contribution in [3.8, 4) is 23.1 Å². The fourth-order valence-corrected chi connectivity index (χ4v) is 4.72. The molecule has 0 spiro atoms. The van der Waals surface area contributed by atoms with Crippen LogP contribution in [0.3, 0.4) is 0 Å². The molecule has 0 saturated carbocycles. The Bertz CT molecular complexity index is 1570. The van der Waals surface area contributed by atoms with Crippen LogP contribution in [0.1, 0.15) is 18.7 Å². The van der Waals surface area contributed by atoms with E-state index in [2.05, 4.69) is 40.5 Å².